The van der Waals surface area contributed by atoms with Gasteiger partial charge in [0.1, 0.15) is 0 Å². The average Bonchev–Trinajstić information content (AvgIpc) is 3.01. The maximum atomic E-state index is 5.98. The zero-order valence-electron chi connectivity index (χ0n) is 14.5. The normalized spacial score (nSPS) is 19.3. The first-order chi connectivity index (χ1) is 12.2. The van der Waals surface area contributed by atoms with Crippen molar-refractivity contribution in [1.29, 1.82) is 0 Å². The van der Waals surface area contributed by atoms with Crippen LogP contribution in [-0.2, 0) is 11.8 Å². The van der Waals surface area contributed by atoms with E-state index in [-0.39, 0.29) is 0 Å². The molecule has 130 valence electrons. The summed E-state index contributed by atoms with van der Waals surface area (Å²) in [7, 11) is 0. The molecular weight excluding hydrogens is 348 g/mol. The quantitative estimate of drug-likeness (QED) is 0.474. The highest BCUT2D eigenvalue weighted by atomic mass is 35.5. The molecule has 4 rings (SSSR count). The van der Waals surface area contributed by atoms with Crippen LogP contribution in [0.3, 0.4) is 0 Å². The van der Waals surface area contributed by atoms with E-state index in [1.54, 1.807) is 22.9 Å². The molecule has 2 aromatic rings. The van der Waals surface area contributed by atoms with Crippen LogP contribution in [0.1, 0.15) is 30.4 Å². The lowest BCUT2D eigenvalue weighted by Crippen LogP contribution is -2.43. The first-order valence-electron chi connectivity index (χ1n) is 8.92. The number of thioether (sulfide) groups is 1. The first-order valence-corrected chi connectivity index (χ1v) is 10.5. The molecular formula is C21H23ClN2S. The predicted octanol–water partition coefficient (Wildman–Crippen LogP) is 5.67. The van der Waals surface area contributed by atoms with Crippen LogP contribution in [0.2, 0.25) is 5.02 Å². The smallest absolute Gasteiger partial charge is 0.164 e. The highest BCUT2D eigenvalue weighted by Gasteiger charge is 2.41. The average molecular weight is 371 g/mol. The van der Waals surface area contributed by atoms with Crippen molar-refractivity contribution in [3.8, 4) is 0 Å². The van der Waals surface area contributed by atoms with Gasteiger partial charge < -0.3 is 4.90 Å². The molecule has 1 aliphatic carbocycles. The van der Waals surface area contributed by atoms with Gasteiger partial charge in [-0.15, -0.1) is 0 Å². The summed E-state index contributed by atoms with van der Waals surface area (Å²) >= 11 is 7.71. The van der Waals surface area contributed by atoms with E-state index in [9.17, 15) is 0 Å². The van der Waals surface area contributed by atoms with Crippen molar-refractivity contribution in [2.45, 2.75) is 31.1 Å². The van der Waals surface area contributed by atoms with Crippen LogP contribution in [0.25, 0.3) is 0 Å². The summed E-state index contributed by atoms with van der Waals surface area (Å²) in [6, 6.07) is 16.8. The van der Waals surface area contributed by atoms with Crippen molar-refractivity contribution in [2.75, 3.05) is 19.3 Å². The van der Waals surface area contributed by atoms with Gasteiger partial charge in [0.15, 0.2) is 5.17 Å². The van der Waals surface area contributed by atoms with Gasteiger partial charge in [-0.3, -0.25) is 0 Å². The third-order valence-corrected chi connectivity index (χ3v) is 6.65. The predicted molar refractivity (Wildman–Crippen MR) is 109 cm³/mol. The number of benzene rings is 2. The molecule has 2 aliphatic rings. The number of piperidine rings is 1. The van der Waals surface area contributed by atoms with Gasteiger partial charge in [-0.2, -0.15) is 0 Å². The lowest BCUT2D eigenvalue weighted by atomic mass is 9.74. The van der Waals surface area contributed by atoms with Crippen LogP contribution in [0.4, 0.5) is 5.69 Å². The van der Waals surface area contributed by atoms with Gasteiger partial charge >= 0.3 is 0 Å². The van der Waals surface area contributed by atoms with Crippen molar-refractivity contribution in [3.05, 3.63) is 64.7 Å². The zero-order valence-corrected chi connectivity index (χ0v) is 16.1. The fourth-order valence-corrected chi connectivity index (χ4v) is 5.04. The Bertz CT molecular complexity index is 777. The largest absolute Gasteiger partial charge is 0.351 e. The van der Waals surface area contributed by atoms with Crippen molar-refractivity contribution in [1.82, 2.24) is 4.90 Å². The number of halogens is 1. The molecule has 1 fully saturated rings. The van der Waals surface area contributed by atoms with E-state index in [1.807, 2.05) is 24.3 Å². The minimum atomic E-state index is 0.400. The van der Waals surface area contributed by atoms with Crippen LogP contribution in [-0.4, -0.2) is 29.4 Å². The van der Waals surface area contributed by atoms with Crippen molar-refractivity contribution >= 4 is 34.2 Å². The van der Waals surface area contributed by atoms with Crippen LogP contribution >= 0.6 is 23.4 Å². The van der Waals surface area contributed by atoms with Crippen molar-refractivity contribution < 1.29 is 0 Å². The summed E-state index contributed by atoms with van der Waals surface area (Å²) in [5, 5.41) is 1.87. The molecule has 0 amide bonds. The van der Waals surface area contributed by atoms with E-state index in [1.165, 1.54) is 25.7 Å². The molecule has 4 heteroatoms. The second-order valence-corrected chi connectivity index (χ2v) is 8.21. The monoisotopic (exact) mass is 370 g/mol. The highest BCUT2D eigenvalue weighted by Crippen LogP contribution is 2.46. The third-order valence-electron chi connectivity index (χ3n) is 5.69. The van der Waals surface area contributed by atoms with E-state index in [0.717, 1.165) is 29.0 Å². The Labute approximate surface area is 159 Å². The third kappa shape index (κ3) is 3.32. The zero-order chi connectivity index (χ0) is 17.3. The van der Waals surface area contributed by atoms with Crippen LogP contribution in [0.15, 0.2) is 53.5 Å². The molecule has 1 aliphatic heterocycles. The Balaban J connectivity index is 1.50. The summed E-state index contributed by atoms with van der Waals surface area (Å²) in [5.74, 6) is 0. The van der Waals surface area contributed by atoms with E-state index in [0.29, 0.717) is 5.41 Å². The number of fused-ring (bicyclic) bond motifs is 2. The Morgan fingerprint density at radius 1 is 1.04 bits per heavy atom. The first kappa shape index (κ1) is 17.0. The van der Waals surface area contributed by atoms with Crippen LogP contribution in [0.5, 0.6) is 0 Å². The number of amidine groups is 1. The summed E-state index contributed by atoms with van der Waals surface area (Å²) in [6.07, 6.45) is 7.12. The Morgan fingerprint density at radius 2 is 1.76 bits per heavy atom. The van der Waals surface area contributed by atoms with Crippen molar-refractivity contribution in [2.24, 2.45) is 4.99 Å². The van der Waals surface area contributed by atoms with Gasteiger partial charge in [-0.25, -0.2) is 4.99 Å². The maximum Gasteiger partial charge on any atom is 0.164 e. The second-order valence-electron chi connectivity index (χ2n) is 7.00. The second kappa shape index (κ2) is 7.05. The lowest BCUT2D eigenvalue weighted by Gasteiger charge is -2.41. The number of likely N-dealkylation sites (tertiary alicyclic amines) is 1. The number of rotatable bonds is 1. The molecule has 0 aromatic heterocycles. The molecule has 1 saturated heterocycles. The van der Waals surface area contributed by atoms with Gasteiger partial charge in [0.2, 0.25) is 0 Å². The minimum absolute atomic E-state index is 0.400. The van der Waals surface area contributed by atoms with Gasteiger partial charge in [0, 0.05) is 18.1 Å². The van der Waals surface area contributed by atoms with Gasteiger partial charge in [0.25, 0.3) is 0 Å². The van der Waals surface area contributed by atoms with Crippen LogP contribution < -0.4 is 0 Å². The van der Waals surface area contributed by atoms with Crippen LogP contribution in [0, 0.1) is 0 Å². The number of hydrogen-bond donors (Lipinski definition) is 0. The molecule has 0 saturated carbocycles. The fourth-order valence-electron chi connectivity index (χ4n) is 4.28. The lowest BCUT2D eigenvalue weighted by molar-refractivity contribution is 0.227. The van der Waals surface area contributed by atoms with Gasteiger partial charge in [-0.1, -0.05) is 47.6 Å². The molecule has 0 atom stereocenters. The van der Waals surface area contributed by atoms with Crippen molar-refractivity contribution in [3.63, 3.8) is 0 Å². The summed E-state index contributed by atoms with van der Waals surface area (Å²) < 4.78 is 0. The standard InChI is InChI=1S/C21H23ClN2S/c1-25-20(23-18-8-6-17(22)7-9-18)24-14-12-21(13-15-24)11-10-16-4-2-3-5-19(16)21/h2-9H,10-15H2,1H3/b23-20-. The molecule has 0 bridgehead atoms. The van der Waals surface area contributed by atoms with E-state index >= 15 is 0 Å². The fraction of sp³-hybridized carbons (Fsp3) is 0.381. The maximum absolute atomic E-state index is 5.98. The molecule has 1 spiro atoms. The summed E-state index contributed by atoms with van der Waals surface area (Å²) in [4.78, 5) is 7.30. The van der Waals surface area contributed by atoms with E-state index in [4.69, 9.17) is 16.6 Å². The molecule has 0 N–H and O–H groups in total. The number of aryl methyl sites for hydroxylation is 1. The Hall–Kier alpha value is -1.45. The molecule has 1 heterocycles. The minimum Gasteiger partial charge on any atom is -0.351 e. The number of nitrogens with zero attached hydrogens (tertiary/aromatic N) is 2. The molecule has 2 aromatic carbocycles. The highest BCUT2D eigenvalue weighted by molar-refractivity contribution is 8.13. The molecule has 0 radical (unpaired) electrons. The Morgan fingerprint density at radius 3 is 2.48 bits per heavy atom. The SMILES string of the molecule is CS/C(=N\c1ccc(Cl)cc1)N1CCC2(CCc3ccccc32)CC1. The number of hydrogen-bond acceptors (Lipinski definition) is 2. The van der Waals surface area contributed by atoms with Gasteiger partial charge in [-0.05, 0) is 72.7 Å². The topological polar surface area (TPSA) is 15.6 Å². The molecule has 2 nitrogen and oxygen atoms in total. The summed E-state index contributed by atoms with van der Waals surface area (Å²) in [6.45, 7) is 2.17. The van der Waals surface area contributed by atoms with E-state index < -0.39 is 0 Å². The van der Waals surface area contributed by atoms with E-state index in [2.05, 4.69) is 35.4 Å². The number of aliphatic imine (C=N–C) groups is 1. The molecule has 0 unspecified atom stereocenters. The van der Waals surface area contributed by atoms with Gasteiger partial charge in [0.05, 0.1) is 5.69 Å². The Kier molecular flexibility index (Phi) is 4.79. The molecule has 25 heavy (non-hydrogen) atoms. The summed E-state index contributed by atoms with van der Waals surface area (Å²) in [5.41, 5.74) is 4.54.